The predicted octanol–water partition coefficient (Wildman–Crippen LogP) is 5.17. The number of halogens is 2. The van der Waals surface area contributed by atoms with Crippen molar-refractivity contribution < 1.29 is 23.6 Å². The van der Waals surface area contributed by atoms with Crippen molar-refractivity contribution in [3.8, 4) is 11.1 Å². The third kappa shape index (κ3) is 6.29. The molecule has 1 aliphatic carbocycles. The van der Waals surface area contributed by atoms with Gasteiger partial charge in [-0.05, 0) is 77.7 Å². The lowest BCUT2D eigenvalue weighted by Gasteiger charge is -2.28. The summed E-state index contributed by atoms with van der Waals surface area (Å²) in [6, 6.07) is 5.05. The molecule has 0 spiro atoms. The predicted molar refractivity (Wildman–Crippen MR) is 186 cm³/mol. The lowest BCUT2D eigenvalue weighted by atomic mass is 9.95. The van der Waals surface area contributed by atoms with Crippen LogP contribution in [0.15, 0.2) is 41.3 Å². The van der Waals surface area contributed by atoms with Gasteiger partial charge in [0.25, 0.3) is 0 Å². The molecule has 3 aromatic heterocycles. The zero-order valence-electron chi connectivity index (χ0n) is 28.1. The number of anilines is 1. The Morgan fingerprint density at radius 3 is 2.50 bits per heavy atom. The summed E-state index contributed by atoms with van der Waals surface area (Å²) in [4.78, 5) is 68.8. The maximum atomic E-state index is 14.5. The summed E-state index contributed by atoms with van der Waals surface area (Å²) in [6.07, 6.45) is 8.23. The summed E-state index contributed by atoms with van der Waals surface area (Å²) < 4.78 is 16.0. The zero-order valence-corrected chi connectivity index (χ0v) is 29.7. The fraction of sp³-hybridized carbons (Fsp3) is 0.444. The summed E-state index contributed by atoms with van der Waals surface area (Å²) in [7, 11) is 0. The fourth-order valence-corrected chi connectivity index (χ4v) is 8.38. The first-order chi connectivity index (χ1) is 23.9. The van der Waals surface area contributed by atoms with Crippen LogP contribution in [0.3, 0.4) is 0 Å². The van der Waals surface area contributed by atoms with E-state index in [0.717, 1.165) is 48.4 Å². The molecule has 5 heterocycles. The number of aryl methyl sites for hydroxylation is 2. The Labute approximate surface area is 296 Å². The highest BCUT2D eigenvalue weighted by molar-refractivity contribution is 9.10. The van der Waals surface area contributed by atoms with E-state index in [1.54, 1.807) is 22.0 Å². The Morgan fingerprint density at radius 2 is 1.78 bits per heavy atom. The van der Waals surface area contributed by atoms with Gasteiger partial charge in [0.15, 0.2) is 5.78 Å². The molecular formula is C36H38BrFN8O4. The average molecular weight is 746 g/mol. The van der Waals surface area contributed by atoms with Crippen molar-refractivity contribution in [3.05, 3.63) is 64.2 Å². The van der Waals surface area contributed by atoms with E-state index in [1.165, 1.54) is 13.0 Å². The molecule has 0 radical (unpaired) electrons. The number of pyridine rings is 1. The molecule has 2 aliphatic heterocycles. The molecule has 1 saturated carbocycles. The normalized spacial score (nSPS) is 24.0. The highest BCUT2D eigenvalue weighted by Crippen LogP contribution is 2.64. The molecule has 4 aromatic rings. The number of ketones is 1. The molecule has 7 rings (SSSR count). The molecule has 1 aromatic carbocycles. The number of Topliss-reactive ketones (excluding diaryl/α,β-unsaturated/α-hetero) is 1. The van der Waals surface area contributed by atoms with Crippen molar-refractivity contribution in [2.45, 2.75) is 84.3 Å². The first-order valence-corrected chi connectivity index (χ1v) is 17.8. The van der Waals surface area contributed by atoms with E-state index in [4.69, 9.17) is 5.10 Å². The zero-order chi connectivity index (χ0) is 35.3. The monoisotopic (exact) mass is 744 g/mol. The number of nitrogens with zero attached hydrogens (tertiary/aromatic N) is 6. The van der Waals surface area contributed by atoms with Gasteiger partial charge < -0.3 is 15.5 Å². The number of amides is 3. The first-order valence-electron chi connectivity index (χ1n) is 17.0. The van der Waals surface area contributed by atoms with Crippen LogP contribution in [-0.2, 0) is 27.3 Å². The second-order valence-electron chi connectivity index (χ2n) is 13.8. The molecular weight excluding hydrogens is 707 g/mol. The van der Waals surface area contributed by atoms with Crippen LogP contribution in [-0.4, -0.2) is 71.8 Å². The minimum absolute atomic E-state index is 0.0169. The molecule has 4 atom stereocenters. The Morgan fingerprint density at radius 1 is 1.04 bits per heavy atom. The maximum absolute atomic E-state index is 14.5. The number of carbonyl (C=O) groups is 4. The maximum Gasteiger partial charge on any atom is 0.248 e. The molecule has 2 N–H and O–H groups in total. The lowest BCUT2D eigenvalue weighted by Crippen LogP contribution is -2.47. The summed E-state index contributed by atoms with van der Waals surface area (Å²) in [6.45, 7) is 5.44. The second-order valence-corrected chi connectivity index (χ2v) is 14.6. The Kier molecular flexibility index (Phi) is 8.99. The molecule has 12 nitrogen and oxygen atoms in total. The summed E-state index contributed by atoms with van der Waals surface area (Å²) in [5.74, 6) is -1.01. The van der Waals surface area contributed by atoms with E-state index in [9.17, 15) is 23.6 Å². The standard InChI is InChI=1S/C36H38BrFN8O4/c1-19-34-36(19)14-27(35(50)43-29-13-25(38)12-28(37)42-29)46(34)31(49)17-45-33-22(8-6-4-5-7-9-30(48)41-18-36)10-23(24-15-39-21(3)40-16-24)11-26(33)32(44-45)20(2)47/h10-13,15-16,19,27,34H,4-9,14,17-18H2,1-3H3,(H,41,48)(H,42,43,50)/t19-,27-,34?,36+/m0/s1. The smallest absolute Gasteiger partial charge is 0.248 e. The van der Waals surface area contributed by atoms with Gasteiger partial charge in [-0.3, -0.25) is 23.9 Å². The van der Waals surface area contributed by atoms with E-state index >= 15 is 0 Å². The van der Waals surface area contributed by atoms with Gasteiger partial charge >= 0.3 is 0 Å². The van der Waals surface area contributed by atoms with Crippen molar-refractivity contribution >= 4 is 56.2 Å². The van der Waals surface area contributed by atoms with Crippen molar-refractivity contribution in [2.75, 3.05) is 11.9 Å². The van der Waals surface area contributed by atoms with Crippen LogP contribution in [0.5, 0.6) is 0 Å². The van der Waals surface area contributed by atoms with Crippen molar-refractivity contribution in [1.82, 2.24) is 34.9 Å². The largest absolute Gasteiger partial charge is 0.355 e. The number of benzene rings is 1. The van der Waals surface area contributed by atoms with Crippen LogP contribution >= 0.6 is 15.9 Å². The number of rotatable bonds is 4. The number of carbonyl (C=O) groups excluding carboxylic acids is 4. The van der Waals surface area contributed by atoms with Crippen molar-refractivity contribution in [1.29, 1.82) is 0 Å². The molecule has 14 heteroatoms. The third-order valence-corrected chi connectivity index (χ3v) is 10.9. The molecule has 3 aliphatic rings. The Bertz CT molecular complexity index is 2010. The minimum atomic E-state index is -0.898. The minimum Gasteiger partial charge on any atom is -0.355 e. The van der Waals surface area contributed by atoms with Crippen LogP contribution < -0.4 is 10.6 Å². The first kappa shape index (κ1) is 33.9. The Balaban J connectivity index is 1.30. The fourth-order valence-electron chi connectivity index (χ4n) is 7.97. The van der Waals surface area contributed by atoms with Gasteiger partial charge in [0.1, 0.15) is 40.3 Å². The Hall–Kier alpha value is -4.59. The third-order valence-electron chi connectivity index (χ3n) is 10.5. The van der Waals surface area contributed by atoms with E-state index in [1.807, 2.05) is 19.9 Å². The highest BCUT2D eigenvalue weighted by Gasteiger charge is 2.72. The van der Waals surface area contributed by atoms with Crippen LogP contribution in [0.25, 0.3) is 22.0 Å². The summed E-state index contributed by atoms with van der Waals surface area (Å²) in [5.41, 5.74) is 3.03. The van der Waals surface area contributed by atoms with Crippen molar-refractivity contribution in [3.63, 3.8) is 0 Å². The van der Waals surface area contributed by atoms with Crippen LogP contribution in [0.2, 0.25) is 0 Å². The van der Waals surface area contributed by atoms with Gasteiger partial charge in [-0.1, -0.05) is 19.8 Å². The average Bonchev–Trinajstić information content (AvgIpc) is 3.33. The molecule has 50 heavy (non-hydrogen) atoms. The molecule has 2 fully saturated rings. The van der Waals surface area contributed by atoms with Crippen LogP contribution in [0.4, 0.5) is 10.2 Å². The van der Waals surface area contributed by atoms with Gasteiger partial charge in [-0.15, -0.1) is 0 Å². The molecule has 260 valence electrons. The summed E-state index contributed by atoms with van der Waals surface area (Å²) >= 11 is 3.16. The topological polar surface area (TPSA) is 152 Å². The van der Waals surface area contributed by atoms with Gasteiger partial charge in [-0.2, -0.15) is 5.10 Å². The van der Waals surface area contributed by atoms with Crippen LogP contribution in [0, 0.1) is 24.1 Å². The SMILES string of the molecule is CC(=O)c1nn2c3c(cc(-c4cnc(C)nc4)cc13)CCCCCCC(=O)NC[C@@]13C[C@@H](C(=O)Nc4cc(F)cc(Br)n4)N(C(=O)C2)C1[C@@H]3C. The van der Waals surface area contributed by atoms with E-state index in [-0.39, 0.29) is 52.2 Å². The number of hydrogen-bond acceptors (Lipinski definition) is 8. The number of piperidine rings is 1. The number of nitrogens with one attached hydrogen (secondary N) is 2. The van der Waals surface area contributed by atoms with Gasteiger partial charge in [0, 0.05) is 66.8 Å². The summed E-state index contributed by atoms with van der Waals surface area (Å²) in [5, 5.41) is 11.1. The van der Waals surface area contributed by atoms with E-state index in [2.05, 4.69) is 47.6 Å². The number of aromatic nitrogens is 5. The van der Waals surface area contributed by atoms with Gasteiger partial charge in [0.2, 0.25) is 17.7 Å². The van der Waals surface area contributed by atoms with E-state index < -0.39 is 23.2 Å². The van der Waals surface area contributed by atoms with Gasteiger partial charge in [-0.25, -0.2) is 19.3 Å². The second kappa shape index (κ2) is 13.3. The number of hydrogen-bond donors (Lipinski definition) is 2. The molecule has 3 amide bonds. The van der Waals surface area contributed by atoms with Gasteiger partial charge in [0.05, 0.1) is 5.52 Å². The lowest BCUT2D eigenvalue weighted by molar-refractivity contribution is -0.139. The van der Waals surface area contributed by atoms with E-state index in [0.29, 0.717) is 42.5 Å². The quantitative estimate of drug-likeness (QED) is 0.215. The highest BCUT2D eigenvalue weighted by atomic mass is 79.9. The molecule has 1 saturated heterocycles. The molecule has 2 bridgehead atoms. The molecule has 1 unspecified atom stereocenters. The van der Waals surface area contributed by atoms with Crippen LogP contribution in [0.1, 0.15) is 74.2 Å². The van der Waals surface area contributed by atoms with Crippen molar-refractivity contribution in [2.24, 2.45) is 11.3 Å².